The Bertz CT molecular complexity index is 572. The summed E-state index contributed by atoms with van der Waals surface area (Å²) in [6.07, 6.45) is 15.9. The van der Waals surface area contributed by atoms with Crippen molar-refractivity contribution in [1.82, 2.24) is 5.32 Å². The van der Waals surface area contributed by atoms with Crippen molar-refractivity contribution in [3.63, 3.8) is 0 Å². The lowest BCUT2D eigenvalue weighted by molar-refractivity contribution is 0.338. The van der Waals surface area contributed by atoms with E-state index in [1.165, 1.54) is 80.3 Å². The van der Waals surface area contributed by atoms with Crippen molar-refractivity contribution in [2.75, 3.05) is 0 Å². The van der Waals surface area contributed by atoms with E-state index in [4.69, 9.17) is 5.32 Å². The van der Waals surface area contributed by atoms with E-state index in [-0.39, 0.29) is 5.41 Å². The van der Waals surface area contributed by atoms with Crippen molar-refractivity contribution < 1.29 is 0 Å². The predicted octanol–water partition coefficient (Wildman–Crippen LogP) is 4.07. The average Bonchev–Trinajstić information content (AvgIpc) is 2.91. The topological polar surface area (TPSA) is 14.1 Å². The fourth-order valence-electron chi connectivity index (χ4n) is 3.96. The van der Waals surface area contributed by atoms with Crippen LogP contribution < -0.4 is 15.8 Å². The van der Waals surface area contributed by atoms with Crippen molar-refractivity contribution in [3.05, 3.63) is 34.7 Å². The summed E-state index contributed by atoms with van der Waals surface area (Å²) in [6, 6.07) is 8.73. The summed E-state index contributed by atoms with van der Waals surface area (Å²) in [5, 5.41) is 7.53. The fraction of sp³-hybridized carbons (Fsp3) is 0.600. The molecule has 0 N–H and O–H groups in total. The Morgan fingerprint density at radius 1 is 0.810 bits per heavy atom. The van der Waals surface area contributed by atoms with E-state index in [2.05, 4.69) is 37.4 Å². The Balaban J connectivity index is 1.88. The summed E-state index contributed by atoms with van der Waals surface area (Å²) in [6.45, 7) is 2.46. The highest BCUT2D eigenvalue weighted by Gasteiger charge is 2.31. The molecule has 1 saturated carbocycles. The molecular formula is C20H28N. The molecule has 0 atom stereocenters. The van der Waals surface area contributed by atoms with Gasteiger partial charge < -0.3 is 0 Å². The van der Waals surface area contributed by atoms with Gasteiger partial charge in [-0.15, -0.1) is 0 Å². The van der Waals surface area contributed by atoms with Gasteiger partial charge in [-0.1, -0.05) is 82.6 Å². The van der Waals surface area contributed by atoms with Crippen molar-refractivity contribution in [3.8, 4) is 0 Å². The molecule has 0 bridgehead atoms. The van der Waals surface area contributed by atoms with Gasteiger partial charge in [-0.2, -0.15) is 0 Å². The lowest BCUT2D eigenvalue weighted by Crippen LogP contribution is -2.30. The smallest absolute Gasteiger partial charge is 0.0541 e. The monoisotopic (exact) mass is 282 g/mol. The Morgan fingerprint density at radius 3 is 2.05 bits per heavy atom. The first-order chi connectivity index (χ1) is 10.3. The quantitative estimate of drug-likeness (QED) is 0.737. The lowest BCUT2D eigenvalue weighted by atomic mass is 9.76. The van der Waals surface area contributed by atoms with Crippen molar-refractivity contribution in [2.24, 2.45) is 5.41 Å². The molecule has 1 radical (unpaired) electrons. The Morgan fingerprint density at radius 2 is 1.38 bits per heavy atom. The van der Waals surface area contributed by atoms with Crippen LogP contribution in [0.3, 0.4) is 0 Å². The summed E-state index contributed by atoms with van der Waals surface area (Å²) < 4.78 is 0. The zero-order valence-corrected chi connectivity index (χ0v) is 13.4. The summed E-state index contributed by atoms with van der Waals surface area (Å²) in [4.78, 5) is 0. The molecule has 1 aromatic carbocycles. The Hall–Kier alpha value is -1.24. The number of fused-ring (bicyclic) bond motifs is 1. The molecule has 1 aromatic rings. The normalized spacial score (nSPS) is 22.6. The SMILES string of the molecule is CC1(C2=c3ccccc3=C[N]2)CCCCCCCCCC1. The fourth-order valence-corrected chi connectivity index (χ4v) is 3.96. The van der Waals surface area contributed by atoms with Crippen LogP contribution in [-0.2, 0) is 0 Å². The average molecular weight is 282 g/mol. The van der Waals surface area contributed by atoms with Crippen LogP contribution in [0.15, 0.2) is 24.3 Å². The summed E-state index contributed by atoms with van der Waals surface area (Å²) >= 11 is 0. The van der Waals surface area contributed by atoms with Gasteiger partial charge in [0.25, 0.3) is 0 Å². The standard InChI is InChI=1S/C20H28N/c1-20(14-10-6-4-2-3-5-7-11-15-20)19-18-13-9-8-12-17(18)16-21-19/h8-9,12-13,16H,2-7,10-11,14-15H2,1H3. The Kier molecular flexibility index (Phi) is 4.67. The maximum absolute atomic E-state index is 4.84. The van der Waals surface area contributed by atoms with Crippen LogP contribution in [0.5, 0.6) is 0 Å². The van der Waals surface area contributed by atoms with Gasteiger partial charge in [0.1, 0.15) is 0 Å². The molecule has 113 valence electrons. The summed E-state index contributed by atoms with van der Waals surface area (Å²) in [5.74, 6) is 0. The van der Waals surface area contributed by atoms with Gasteiger partial charge in [0.2, 0.25) is 0 Å². The van der Waals surface area contributed by atoms with Gasteiger partial charge in [-0.25, -0.2) is 0 Å². The van der Waals surface area contributed by atoms with E-state index in [0.717, 1.165) is 0 Å². The number of nitrogens with zero attached hydrogens (tertiary/aromatic N) is 1. The van der Waals surface area contributed by atoms with Gasteiger partial charge in [0.05, 0.1) is 5.70 Å². The van der Waals surface area contributed by atoms with Crippen LogP contribution in [0.2, 0.25) is 0 Å². The zero-order chi connectivity index (χ0) is 14.5. The van der Waals surface area contributed by atoms with Gasteiger partial charge in [-0.3, -0.25) is 5.32 Å². The first-order valence-corrected chi connectivity index (χ1v) is 8.80. The van der Waals surface area contributed by atoms with E-state index in [1.807, 2.05) is 0 Å². The molecule has 0 unspecified atom stereocenters. The lowest BCUT2D eigenvalue weighted by Gasteiger charge is -2.31. The molecule has 21 heavy (non-hydrogen) atoms. The molecule has 1 aliphatic heterocycles. The van der Waals surface area contributed by atoms with Crippen molar-refractivity contribution in [2.45, 2.75) is 71.1 Å². The number of hydrogen-bond acceptors (Lipinski definition) is 0. The molecule has 0 aromatic heterocycles. The van der Waals surface area contributed by atoms with Gasteiger partial charge in [0.15, 0.2) is 0 Å². The number of benzene rings is 1. The molecule has 3 rings (SSSR count). The number of hydrogen-bond donors (Lipinski definition) is 0. The molecule has 1 heterocycles. The molecule has 1 nitrogen and oxygen atoms in total. The predicted molar refractivity (Wildman–Crippen MR) is 90.0 cm³/mol. The van der Waals surface area contributed by atoms with Crippen LogP contribution in [0.4, 0.5) is 0 Å². The maximum atomic E-state index is 4.84. The van der Waals surface area contributed by atoms with Crippen LogP contribution >= 0.6 is 0 Å². The van der Waals surface area contributed by atoms with Crippen molar-refractivity contribution in [1.29, 1.82) is 0 Å². The second-order valence-electron chi connectivity index (χ2n) is 7.08. The van der Waals surface area contributed by atoms with E-state index >= 15 is 0 Å². The van der Waals surface area contributed by atoms with Crippen LogP contribution in [0.25, 0.3) is 11.9 Å². The van der Waals surface area contributed by atoms with E-state index < -0.39 is 0 Å². The minimum absolute atomic E-state index is 0.271. The molecule has 0 spiro atoms. The highest BCUT2D eigenvalue weighted by Crippen LogP contribution is 2.39. The molecule has 1 heteroatoms. The largest absolute Gasteiger partial charge is 0.259 e. The third-order valence-corrected chi connectivity index (χ3v) is 5.33. The third kappa shape index (κ3) is 3.33. The van der Waals surface area contributed by atoms with Gasteiger partial charge in [0, 0.05) is 22.1 Å². The molecule has 0 amide bonds. The van der Waals surface area contributed by atoms with Crippen molar-refractivity contribution >= 4 is 11.9 Å². The maximum Gasteiger partial charge on any atom is 0.0541 e. The highest BCUT2D eigenvalue weighted by molar-refractivity contribution is 5.59. The van der Waals surface area contributed by atoms with Gasteiger partial charge >= 0.3 is 0 Å². The van der Waals surface area contributed by atoms with Crippen LogP contribution in [0, 0.1) is 5.41 Å². The minimum Gasteiger partial charge on any atom is -0.259 e. The highest BCUT2D eigenvalue weighted by atomic mass is 14.9. The second kappa shape index (κ2) is 6.68. The molecule has 1 aliphatic carbocycles. The Labute approximate surface area is 129 Å². The van der Waals surface area contributed by atoms with E-state index in [9.17, 15) is 0 Å². The first-order valence-electron chi connectivity index (χ1n) is 8.80. The summed E-state index contributed by atoms with van der Waals surface area (Å²) in [5.41, 5.74) is 1.63. The summed E-state index contributed by atoms with van der Waals surface area (Å²) in [7, 11) is 0. The zero-order valence-electron chi connectivity index (χ0n) is 13.4. The van der Waals surface area contributed by atoms with E-state index in [0.29, 0.717) is 0 Å². The first kappa shape index (κ1) is 14.7. The molecule has 0 saturated heterocycles. The molecule has 2 aliphatic rings. The minimum atomic E-state index is 0.271. The van der Waals surface area contributed by atoms with Crippen LogP contribution in [-0.4, -0.2) is 0 Å². The van der Waals surface area contributed by atoms with Gasteiger partial charge in [-0.05, 0) is 12.8 Å². The second-order valence-corrected chi connectivity index (χ2v) is 7.08. The number of rotatable bonds is 1. The third-order valence-electron chi connectivity index (χ3n) is 5.33. The van der Waals surface area contributed by atoms with E-state index in [1.54, 1.807) is 0 Å². The van der Waals surface area contributed by atoms with Crippen LogP contribution in [0.1, 0.15) is 71.1 Å². The molecular weight excluding hydrogens is 254 g/mol. The molecule has 1 fully saturated rings.